The highest BCUT2D eigenvalue weighted by molar-refractivity contribution is 7.13. The van der Waals surface area contributed by atoms with Crippen LogP contribution in [0.2, 0.25) is 0 Å². The number of hydrogen-bond acceptors (Lipinski definition) is 5. The van der Waals surface area contributed by atoms with Crippen molar-refractivity contribution < 1.29 is 4.42 Å². The average Bonchev–Trinajstić information content (AvgIpc) is 3.32. The molecule has 0 N–H and O–H groups in total. The molecule has 4 aromatic rings. The van der Waals surface area contributed by atoms with Gasteiger partial charge in [0, 0.05) is 6.54 Å². The van der Waals surface area contributed by atoms with E-state index in [2.05, 4.69) is 71.5 Å². The molecule has 0 radical (unpaired) electrons. The third-order valence-corrected chi connectivity index (χ3v) is 5.29. The van der Waals surface area contributed by atoms with E-state index in [1.165, 1.54) is 16.3 Å². The molecule has 25 heavy (non-hydrogen) atoms. The molecule has 1 atom stereocenters. The first kappa shape index (κ1) is 16.0. The van der Waals surface area contributed by atoms with Crippen molar-refractivity contribution in [1.29, 1.82) is 0 Å². The number of hydrogen-bond donors (Lipinski definition) is 0. The fraction of sp³-hybridized carbons (Fsp3) is 0.200. The third kappa shape index (κ3) is 3.34. The Morgan fingerprint density at radius 2 is 1.88 bits per heavy atom. The van der Waals surface area contributed by atoms with E-state index in [4.69, 9.17) is 4.42 Å². The lowest BCUT2D eigenvalue weighted by molar-refractivity contribution is 0.218. The maximum atomic E-state index is 5.87. The summed E-state index contributed by atoms with van der Waals surface area (Å²) in [4.78, 5) is 3.22. The molecule has 5 heteroatoms. The quantitative estimate of drug-likeness (QED) is 0.500. The Balaban J connectivity index is 1.50. The molecule has 2 aromatic heterocycles. The van der Waals surface area contributed by atoms with Crippen LogP contribution < -0.4 is 0 Å². The second-order valence-corrected chi connectivity index (χ2v) is 7.14. The zero-order valence-corrected chi connectivity index (χ0v) is 15.0. The van der Waals surface area contributed by atoms with Gasteiger partial charge in [-0.1, -0.05) is 42.5 Å². The highest BCUT2D eigenvalue weighted by atomic mass is 32.1. The summed E-state index contributed by atoms with van der Waals surface area (Å²) in [5.74, 6) is 1.24. The first-order chi connectivity index (χ1) is 12.2. The van der Waals surface area contributed by atoms with Crippen molar-refractivity contribution in [2.75, 3.05) is 7.05 Å². The topological polar surface area (TPSA) is 42.2 Å². The lowest BCUT2D eigenvalue weighted by atomic mass is 10.1. The Morgan fingerprint density at radius 1 is 1.04 bits per heavy atom. The van der Waals surface area contributed by atoms with Gasteiger partial charge >= 0.3 is 0 Å². The first-order valence-corrected chi connectivity index (χ1v) is 9.14. The lowest BCUT2D eigenvalue weighted by Gasteiger charge is -2.22. The largest absolute Gasteiger partial charge is 0.418 e. The standard InChI is InChI=1S/C20H19N3OS/c1-14(19-21-22-20(24-19)18-8-5-11-25-18)23(2)13-15-9-10-16-6-3-4-7-17(16)12-15/h3-12,14H,13H2,1-2H3/t14-/m0/s1. The smallest absolute Gasteiger partial charge is 0.257 e. The van der Waals surface area contributed by atoms with Gasteiger partial charge in [-0.05, 0) is 47.8 Å². The molecule has 126 valence electrons. The molecule has 4 rings (SSSR count). The SMILES string of the molecule is C[C@@H](c1nnc(-c2cccs2)o1)N(C)Cc1ccc2ccccc2c1. The van der Waals surface area contributed by atoms with Crippen LogP contribution in [0.15, 0.2) is 64.4 Å². The van der Waals surface area contributed by atoms with Crippen LogP contribution in [0, 0.1) is 0 Å². The summed E-state index contributed by atoms with van der Waals surface area (Å²) in [6, 6.07) is 19.0. The summed E-state index contributed by atoms with van der Waals surface area (Å²) >= 11 is 1.60. The molecule has 0 aliphatic heterocycles. The molecule has 0 spiro atoms. The van der Waals surface area contributed by atoms with Crippen LogP contribution in [0.1, 0.15) is 24.4 Å². The summed E-state index contributed by atoms with van der Waals surface area (Å²) in [5, 5.41) is 12.9. The molecule has 0 amide bonds. The maximum Gasteiger partial charge on any atom is 0.257 e. The molecule has 0 bridgehead atoms. The lowest BCUT2D eigenvalue weighted by Crippen LogP contribution is -2.22. The van der Waals surface area contributed by atoms with E-state index in [0.29, 0.717) is 11.8 Å². The number of rotatable bonds is 5. The Labute approximate surface area is 150 Å². The molecular formula is C20H19N3OS. The van der Waals surface area contributed by atoms with Crippen LogP contribution in [-0.2, 0) is 6.54 Å². The monoisotopic (exact) mass is 349 g/mol. The minimum atomic E-state index is 0.0488. The molecule has 4 nitrogen and oxygen atoms in total. The second-order valence-electron chi connectivity index (χ2n) is 6.20. The minimum absolute atomic E-state index is 0.0488. The van der Waals surface area contributed by atoms with Crippen molar-refractivity contribution >= 4 is 22.1 Å². The van der Waals surface area contributed by atoms with Gasteiger partial charge in [0.05, 0.1) is 10.9 Å². The fourth-order valence-corrected chi connectivity index (χ4v) is 3.50. The van der Waals surface area contributed by atoms with E-state index in [-0.39, 0.29) is 6.04 Å². The Bertz CT molecular complexity index is 977. The second kappa shape index (κ2) is 6.78. The summed E-state index contributed by atoms with van der Waals surface area (Å²) in [6.07, 6.45) is 0. The number of benzene rings is 2. The van der Waals surface area contributed by atoms with Crippen LogP contribution in [0.5, 0.6) is 0 Å². The minimum Gasteiger partial charge on any atom is -0.418 e. The number of fused-ring (bicyclic) bond motifs is 1. The van der Waals surface area contributed by atoms with Crippen LogP contribution >= 0.6 is 11.3 Å². The van der Waals surface area contributed by atoms with Gasteiger partial charge in [-0.3, -0.25) is 4.90 Å². The van der Waals surface area contributed by atoms with Gasteiger partial charge in [0.2, 0.25) is 5.89 Å². The molecule has 0 saturated heterocycles. The van der Waals surface area contributed by atoms with Gasteiger partial charge in [0.15, 0.2) is 0 Å². The molecule has 0 saturated carbocycles. The molecule has 0 aliphatic rings. The Kier molecular flexibility index (Phi) is 4.34. The van der Waals surface area contributed by atoms with Crippen LogP contribution in [0.4, 0.5) is 0 Å². The van der Waals surface area contributed by atoms with Crippen molar-refractivity contribution in [2.24, 2.45) is 0 Å². The van der Waals surface area contributed by atoms with E-state index < -0.39 is 0 Å². The van der Waals surface area contributed by atoms with E-state index in [1.54, 1.807) is 11.3 Å². The highest BCUT2D eigenvalue weighted by Crippen LogP contribution is 2.27. The summed E-state index contributed by atoms with van der Waals surface area (Å²) < 4.78 is 5.87. The van der Waals surface area contributed by atoms with E-state index in [1.807, 2.05) is 17.5 Å². The molecule has 2 aromatic carbocycles. The molecule has 0 fully saturated rings. The van der Waals surface area contributed by atoms with Gasteiger partial charge in [-0.15, -0.1) is 21.5 Å². The molecule has 0 aliphatic carbocycles. The van der Waals surface area contributed by atoms with Crippen molar-refractivity contribution in [3.8, 4) is 10.8 Å². The Hall–Kier alpha value is -2.50. The summed E-state index contributed by atoms with van der Waals surface area (Å²) in [7, 11) is 2.08. The summed E-state index contributed by atoms with van der Waals surface area (Å²) in [6.45, 7) is 2.91. The van der Waals surface area contributed by atoms with Crippen molar-refractivity contribution in [3.05, 3.63) is 71.4 Å². The predicted molar refractivity (Wildman–Crippen MR) is 101 cm³/mol. The van der Waals surface area contributed by atoms with Crippen molar-refractivity contribution in [1.82, 2.24) is 15.1 Å². The number of aromatic nitrogens is 2. The highest BCUT2D eigenvalue weighted by Gasteiger charge is 2.19. The molecular weight excluding hydrogens is 330 g/mol. The molecule has 2 heterocycles. The van der Waals surface area contributed by atoms with Gasteiger partial charge < -0.3 is 4.42 Å². The Morgan fingerprint density at radius 3 is 2.68 bits per heavy atom. The average molecular weight is 349 g/mol. The summed E-state index contributed by atoms with van der Waals surface area (Å²) in [5.41, 5.74) is 1.27. The third-order valence-electron chi connectivity index (χ3n) is 4.44. The zero-order valence-electron chi connectivity index (χ0n) is 14.2. The van der Waals surface area contributed by atoms with Crippen LogP contribution in [0.3, 0.4) is 0 Å². The number of thiophene rings is 1. The zero-order chi connectivity index (χ0) is 17.2. The van der Waals surface area contributed by atoms with Crippen molar-refractivity contribution in [2.45, 2.75) is 19.5 Å². The maximum absolute atomic E-state index is 5.87. The molecule has 0 unspecified atom stereocenters. The van der Waals surface area contributed by atoms with Crippen molar-refractivity contribution in [3.63, 3.8) is 0 Å². The van der Waals surface area contributed by atoms with E-state index in [9.17, 15) is 0 Å². The van der Waals surface area contributed by atoms with Gasteiger partial charge in [-0.2, -0.15) is 0 Å². The van der Waals surface area contributed by atoms with Crippen LogP contribution in [-0.4, -0.2) is 22.1 Å². The van der Waals surface area contributed by atoms with Gasteiger partial charge in [0.25, 0.3) is 5.89 Å². The fourth-order valence-electron chi connectivity index (χ4n) is 2.85. The number of nitrogens with zero attached hydrogens (tertiary/aromatic N) is 3. The van der Waals surface area contributed by atoms with Gasteiger partial charge in [-0.25, -0.2) is 0 Å². The first-order valence-electron chi connectivity index (χ1n) is 8.26. The normalized spacial score (nSPS) is 12.8. The predicted octanol–water partition coefficient (Wildman–Crippen LogP) is 5.14. The van der Waals surface area contributed by atoms with E-state index in [0.717, 1.165) is 11.4 Å². The van der Waals surface area contributed by atoms with Gasteiger partial charge in [0.1, 0.15) is 0 Å². The van der Waals surface area contributed by atoms with E-state index >= 15 is 0 Å². The van der Waals surface area contributed by atoms with Crippen LogP contribution in [0.25, 0.3) is 21.5 Å².